The maximum absolute atomic E-state index is 6.23. The summed E-state index contributed by atoms with van der Waals surface area (Å²) in [5, 5.41) is 13.0. The van der Waals surface area contributed by atoms with E-state index in [4.69, 9.17) is 9.72 Å². The van der Waals surface area contributed by atoms with Gasteiger partial charge in [-0.1, -0.05) is 53.7 Å². The van der Waals surface area contributed by atoms with Gasteiger partial charge in [0, 0.05) is 23.2 Å². The monoisotopic (exact) mass is 464 g/mol. The van der Waals surface area contributed by atoms with Gasteiger partial charge < -0.3 is 9.30 Å². The lowest BCUT2D eigenvalue weighted by Gasteiger charge is -2.17. The largest absolute Gasteiger partial charge is 0.482 e. The number of nitrogens with zero attached hydrogens (tertiary/aromatic N) is 4. The lowest BCUT2D eigenvalue weighted by Crippen LogP contribution is -2.12. The molecule has 2 heterocycles. The molecule has 4 aromatic rings. The van der Waals surface area contributed by atoms with E-state index in [2.05, 4.69) is 84.2 Å². The standard InChI is InChI=1S/C25H28N4OS2/c1-6-29-23(19(5)30-22-12-11-16(2)13-18(22)4)27-28-25(29)32-15-20-14-31-24(26-20)21-10-8-7-9-17(21)3/h7-14,19H,6,15H2,1-5H3. The Hall–Kier alpha value is -2.64. The van der Waals surface area contributed by atoms with Gasteiger partial charge in [-0.3, -0.25) is 0 Å². The van der Waals surface area contributed by atoms with Crippen molar-refractivity contribution in [1.29, 1.82) is 0 Å². The smallest absolute Gasteiger partial charge is 0.191 e. The summed E-state index contributed by atoms with van der Waals surface area (Å²) in [6.45, 7) is 11.2. The summed E-state index contributed by atoms with van der Waals surface area (Å²) in [6.07, 6.45) is -0.190. The number of ether oxygens (including phenoxy) is 1. The molecule has 0 spiro atoms. The SMILES string of the molecule is CCn1c(SCc2csc(-c3ccccc3C)n2)nnc1C(C)Oc1ccc(C)cc1C. The quantitative estimate of drug-likeness (QED) is 0.269. The first kappa shape index (κ1) is 22.6. The van der Waals surface area contributed by atoms with Crippen LogP contribution in [-0.4, -0.2) is 19.7 Å². The second-order valence-electron chi connectivity index (χ2n) is 7.86. The second-order valence-corrected chi connectivity index (χ2v) is 9.66. The Morgan fingerprint density at radius 3 is 2.62 bits per heavy atom. The number of thioether (sulfide) groups is 1. The molecule has 7 heteroatoms. The molecule has 1 atom stereocenters. The highest BCUT2D eigenvalue weighted by molar-refractivity contribution is 7.98. The Bertz CT molecular complexity index is 1210. The summed E-state index contributed by atoms with van der Waals surface area (Å²) < 4.78 is 8.36. The molecule has 166 valence electrons. The third-order valence-electron chi connectivity index (χ3n) is 5.34. The maximum atomic E-state index is 6.23. The van der Waals surface area contributed by atoms with Gasteiger partial charge in [-0.15, -0.1) is 21.5 Å². The van der Waals surface area contributed by atoms with Crippen LogP contribution in [0.4, 0.5) is 0 Å². The molecule has 0 aliphatic rings. The topological polar surface area (TPSA) is 52.8 Å². The molecule has 1 unspecified atom stereocenters. The van der Waals surface area contributed by atoms with Crippen LogP contribution in [0.3, 0.4) is 0 Å². The van der Waals surface area contributed by atoms with Gasteiger partial charge in [0.05, 0.1) is 5.69 Å². The zero-order valence-corrected chi connectivity index (χ0v) is 20.8. The molecule has 0 radical (unpaired) electrons. The molecule has 5 nitrogen and oxygen atoms in total. The molecule has 0 aliphatic carbocycles. The highest BCUT2D eigenvalue weighted by Gasteiger charge is 2.20. The van der Waals surface area contributed by atoms with E-state index in [1.54, 1.807) is 23.1 Å². The van der Waals surface area contributed by atoms with Gasteiger partial charge in [0.15, 0.2) is 17.1 Å². The summed E-state index contributed by atoms with van der Waals surface area (Å²) in [4.78, 5) is 4.84. The van der Waals surface area contributed by atoms with E-state index in [1.165, 1.54) is 16.7 Å². The number of aryl methyl sites for hydroxylation is 3. The normalized spacial score (nSPS) is 12.2. The van der Waals surface area contributed by atoms with Crippen molar-refractivity contribution >= 4 is 23.1 Å². The summed E-state index contributed by atoms with van der Waals surface area (Å²) in [7, 11) is 0. The van der Waals surface area contributed by atoms with E-state index in [0.29, 0.717) is 0 Å². The third kappa shape index (κ3) is 4.89. The first-order valence-corrected chi connectivity index (χ1v) is 12.6. The maximum Gasteiger partial charge on any atom is 0.191 e. The number of hydrogen-bond acceptors (Lipinski definition) is 6. The van der Waals surface area contributed by atoms with E-state index in [9.17, 15) is 0 Å². The van der Waals surface area contributed by atoms with Crippen LogP contribution in [0.2, 0.25) is 0 Å². The summed E-state index contributed by atoms with van der Waals surface area (Å²) in [6, 6.07) is 14.6. The Kier molecular flexibility index (Phi) is 6.96. The molecule has 0 N–H and O–H groups in total. The predicted molar refractivity (Wildman–Crippen MR) is 133 cm³/mol. The second kappa shape index (κ2) is 9.88. The van der Waals surface area contributed by atoms with Crippen LogP contribution in [0.5, 0.6) is 5.75 Å². The van der Waals surface area contributed by atoms with Crippen LogP contribution in [0.25, 0.3) is 10.6 Å². The lowest BCUT2D eigenvalue weighted by atomic mass is 10.1. The van der Waals surface area contributed by atoms with E-state index >= 15 is 0 Å². The zero-order valence-electron chi connectivity index (χ0n) is 19.1. The lowest BCUT2D eigenvalue weighted by molar-refractivity contribution is 0.208. The van der Waals surface area contributed by atoms with Crippen molar-refractivity contribution in [1.82, 2.24) is 19.7 Å². The van der Waals surface area contributed by atoms with Crippen LogP contribution >= 0.6 is 23.1 Å². The van der Waals surface area contributed by atoms with Gasteiger partial charge in [0.1, 0.15) is 10.8 Å². The van der Waals surface area contributed by atoms with E-state index in [1.807, 2.05) is 13.0 Å². The van der Waals surface area contributed by atoms with Crippen LogP contribution in [0.15, 0.2) is 53.0 Å². The van der Waals surface area contributed by atoms with E-state index in [0.717, 1.165) is 45.3 Å². The van der Waals surface area contributed by atoms with Gasteiger partial charge in [-0.05, 0) is 51.8 Å². The molecular formula is C25H28N4OS2. The van der Waals surface area contributed by atoms with Crippen molar-refractivity contribution in [3.05, 3.63) is 76.1 Å². The van der Waals surface area contributed by atoms with Gasteiger partial charge >= 0.3 is 0 Å². The predicted octanol–water partition coefficient (Wildman–Crippen LogP) is 6.78. The van der Waals surface area contributed by atoms with Crippen LogP contribution < -0.4 is 4.74 Å². The summed E-state index contributed by atoms with van der Waals surface area (Å²) in [5.74, 6) is 2.48. The molecule has 32 heavy (non-hydrogen) atoms. The molecule has 0 saturated carbocycles. The van der Waals surface area contributed by atoms with Gasteiger partial charge in [0.25, 0.3) is 0 Å². The van der Waals surface area contributed by atoms with Crippen molar-refractivity contribution in [2.75, 3.05) is 0 Å². The van der Waals surface area contributed by atoms with Crippen molar-refractivity contribution in [3.8, 4) is 16.3 Å². The number of aromatic nitrogens is 4. The van der Waals surface area contributed by atoms with E-state index in [-0.39, 0.29) is 6.10 Å². The summed E-state index contributed by atoms with van der Waals surface area (Å²) >= 11 is 3.35. The Morgan fingerprint density at radius 1 is 1.06 bits per heavy atom. The Morgan fingerprint density at radius 2 is 1.88 bits per heavy atom. The van der Waals surface area contributed by atoms with Crippen molar-refractivity contribution in [2.45, 2.75) is 58.2 Å². The van der Waals surface area contributed by atoms with Crippen molar-refractivity contribution < 1.29 is 4.74 Å². The number of thiazole rings is 1. The van der Waals surface area contributed by atoms with Gasteiger partial charge in [-0.2, -0.15) is 0 Å². The molecule has 0 amide bonds. The molecule has 0 aliphatic heterocycles. The van der Waals surface area contributed by atoms with Gasteiger partial charge in [-0.25, -0.2) is 4.98 Å². The summed E-state index contributed by atoms with van der Waals surface area (Å²) in [5.41, 5.74) is 5.86. The highest BCUT2D eigenvalue weighted by Crippen LogP contribution is 2.31. The number of rotatable bonds is 8. The van der Waals surface area contributed by atoms with Gasteiger partial charge in [0.2, 0.25) is 0 Å². The molecule has 0 bridgehead atoms. The highest BCUT2D eigenvalue weighted by atomic mass is 32.2. The fraction of sp³-hybridized carbons (Fsp3) is 0.320. The molecule has 4 rings (SSSR count). The fourth-order valence-electron chi connectivity index (χ4n) is 3.63. The zero-order chi connectivity index (χ0) is 22.7. The Balaban J connectivity index is 1.46. The average molecular weight is 465 g/mol. The van der Waals surface area contributed by atoms with Crippen molar-refractivity contribution in [2.24, 2.45) is 0 Å². The molecule has 2 aromatic carbocycles. The van der Waals surface area contributed by atoms with Crippen LogP contribution in [0.1, 0.15) is 48.2 Å². The molecule has 0 saturated heterocycles. The third-order valence-corrected chi connectivity index (χ3v) is 7.26. The minimum absolute atomic E-state index is 0.190. The number of benzene rings is 2. The first-order chi connectivity index (χ1) is 15.5. The fourth-order valence-corrected chi connectivity index (χ4v) is 5.54. The minimum Gasteiger partial charge on any atom is -0.482 e. The Labute approximate surface area is 197 Å². The van der Waals surface area contributed by atoms with E-state index < -0.39 is 0 Å². The first-order valence-electron chi connectivity index (χ1n) is 10.8. The van der Waals surface area contributed by atoms with Crippen molar-refractivity contribution in [3.63, 3.8) is 0 Å². The molecular weight excluding hydrogens is 436 g/mol. The van der Waals surface area contributed by atoms with Crippen LogP contribution in [0, 0.1) is 20.8 Å². The average Bonchev–Trinajstić information content (AvgIpc) is 3.41. The molecule has 0 fully saturated rings. The molecule has 2 aromatic heterocycles. The minimum atomic E-state index is -0.190. The van der Waals surface area contributed by atoms with Crippen LogP contribution in [-0.2, 0) is 12.3 Å². The number of hydrogen-bond donors (Lipinski definition) is 0.